The largest absolute Gasteiger partial charge is 0.351 e. The lowest BCUT2D eigenvalue weighted by Gasteiger charge is -2.36. The molecule has 19 heavy (non-hydrogen) atoms. The third-order valence-electron chi connectivity index (χ3n) is 4.34. The molecule has 2 rings (SSSR count). The van der Waals surface area contributed by atoms with Gasteiger partial charge in [0.2, 0.25) is 5.91 Å². The van der Waals surface area contributed by atoms with E-state index in [4.69, 9.17) is 0 Å². The summed E-state index contributed by atoms with van der Waals surface area (Å²) >= 11 is 1.70. The summed E-state index contributed by atoms with van der Waals surface area (Å²) in [6.45, 7) is 7.63. The number of hydrogen-bond acceptors (Lipinski definition) is 2. The molecule has 106 valence electrons. The monoisotopic (exact) mass is 279 g/mol. The van der Waals surface area contributed by atoms with E-state index in [1.165, 1.54) is 17.7 Å². The van der Waals surface area contributed by atoms with Crippen LogP contribution >= 0.6 is 11.3 Å². The van der Waals surface area contributed by atoms with Crippen LogP contribution in [-0.2, 0) is 11.3 Å². The van der Waals surface area contributed by atoms with Crippen LogP contribution in [0.5, 0.6) is 0 Å². The Morgan fingerprint density at radius 1 is 1.32 bits per heavy atom. The summed E-state index contributed by atoms with van der Waals surface area (Å²) in [4.78, 5) is 13.4. The van der Waals surface area contributed by atoms with Crippen LogP contribution in [0.2, 0.25) is 0 Å². The summed E-state index contributed by atoms with van der Waals surface area (Å²) in [6, 6.07) is 4.10. The second kappa shape index (κ2) is 6.08. The molecule has 1 amide bonds. The maximum atomic E-state index is 12.1. The van der Waals surface area contributed by atoms with Gasteiger partial charge >= 0.3 is 0 Å². The average molecular weight is 279 g/mol. The number of amides is 1. The van der Waals surface area contributed by atoms with Crippen molar-refractivity contribution in [3.8, 4) is 0 Å². The van der Waals surface area contributed by atoms with Gasteiger partial charge in [-0.2, -0.15) is 0 Å². The molecule has 0 bridgehead atoms. The molecule has 0 radical (unpaired) electrons. The molecule has 1 aliphatic rings. The molecule has 1 aliphatic carbocycles. The number of hydrogen-bond donors (Lipinski definition) is 1. The van der Waals surface area contributed by atoms with E-state index in [-0.39, 0.29) is 11.8 Å². The molecule has 0 unspecified atom stereocenters. The summed E-state index contributed by atoms with van der Waals surface area (Å²) in [7, 11) is 0. The van der Waals surface area contributed by atoms with Crippen LogP contribution in [0.25, 0.3) is 0 Å². The minimum Gasteiger partial charge on any atom is -0.351 e. The molecule has 1 aromatic heterocycles. The van der Waals surface area contributed by atoms with Gasteiger partial charge in [-0.25, -0.2) is 0 Å². The molecule has 0 spiro atoms. The molecule has 0 atom stereocenters. The van der Waals surface area contributed by atoms with Crippen LogP contribution in [0.15, 0.2) is 17.5 Å². The third-order valence-corrected chi connectivity index (χ3v) is 5.22. The van der Waals surface area contributed by atoms with Crippen LogP contribution in [0, 0.1) is 17.3 Å². The van der Waals surface area contributed by atoms with Gasteiger partial charge in [0.05, 0.1) is 6.54 Å². The number of carbonyl (C=O) groups excluding carboxylic acids is 1. The Labute approximate surface area is 120 Å². The molecule has 0 aromatic carbocycles. The number of thiophene rings is 1. The molecule has 3 heteroatoms. The van der Waals surface area contributed by atoms with Crippen molar-refractivity contribution in [3.63, 3.8) is 0 Å². The Morgan fingerprint density at radius 2 is 2.00 bits per heavy atom. The van der Waals surface area contributed by atoms with Gasteiger partial charge in [-0.05, 0) is 48.5 Å². The zero-order chi connectivity index (χ0) is 13.9. The first-order chi connectivity index (χ1) is 8.97. The fourth-order valence-electron chi connectivity index (χ4n) is 2.95. The van der Waals surface area contributed by atoms with Gasteiger partial charge in [-0.1, -0.05) is 26.8 Å². The molecule has 2 nitrogen and oxygen atoms in total. The molecule has 1 saturated carbocycles. The van der Waals surface area contributed by atoms with Crippen molar-refractivity contribution in [2.45, 2.75) is 53.0 Å². The van der Waals surface area contributed by atoms with E-state index in [2.05, 4.69) is 37.5 Å². The second-order valence-corrected chi connectivity index (χ2v) is 7.74. The molecule has 1 aromatic rings. The van der Waals surface area contributed by atoms with Gasteiger partial charge in [0, 0.05) is 10.8 Å². The SMILES string of the molecule is CC(C)(C)C1CCC(C(=O)NCc2cccs2)CC1. The highest BCUT2D eigenvalue weighted by Gasteiger charge is 2.32. The van der Waals surface area contributed by atoms with Crippen LogP contribution in [0.1, 0.15) is 51.3 Å². The van der Waals surface area contributed by atoms with Crippen molar-refractivity contribution in [3.05, 3.63) is 22.4 Å². The first-order valence-corrected chi connectivity index (χ1v) is 8.15. The highest BCUT2D eigenvalue weighted by molar-refractivity contribution is 7.09. The molecule has 1 N–H and O–H groups in total. The van der Waals surface area contributed by atoms with Crippen LogP contribution in [0.3, 0.4) is 0 Å². The normalized spacial score (nSPS) is 24.2. The van der Waals surface area contributed by atoms with E-state index in [9.17, 15) is 4.79 Å². The van der Waals surface area contributed by atoms with Gasteiger partial charge < -0.3 is 5.32 Å². The standard InChI is InChI=1S/C16H25NOS/c1-16(2,3)13-8-6-12(7-9-13)15(18)17-11-14-5-4-10-19-14/h4-5,10,12-13H,6-9,11H2,1-3H3,(H,17,18). The van der Waals surface area contributed by atoms with Gasteiger partial charge in [-0.15, -0.1) is 11.3 Å². The van der Waals surface area contributed by atoms with E-state index in [1.54, 1.807) is 11.3 Å². The van der Waals surface area contributed by atoms with E-state index >= 15 is 0 Å². The molecule has 1 fully saturated rings. The highest BCUT2D eigenvalue weighted by atomic mass is 32.1. The summed E-state index contributed by atoms with van der Waals surface area (Å²) in [5.74, 6) is 1.26. The summed E-state index contributed by atoms with van der Waals surface area (Å²) in [5.41, 5.74) is 0.387. The van der Waals surface area contributed by atoms with Crippen molar-refractivity contribution >= 4 is 17.2 Å². The Hall–Kier alpha value is -0.830. The zero-order valence-electron chi connectivity index (χ0n) is 12.2. The first-order valence-electron chi connectivity index (χ1n) is 7.27. The summed E-state index contributed by atoms with van der Waals surface area (Å²) in [5, 5.41) is 5.13. The Balaban J connectivity index is 1.76. The molecular weight excluding hydrogens is 254 g/mol. The van der Waals surface area contributed by atoms with Crippen molar-refractivity contribution < 1.29 is 4.79 Å². The smallest absolute Gasteiger partial charge is 0.223 e. The van der Waals surface area contributed by atoms with E-state index in [0.717, 1.165) is 18.8 Å². The number of nitrogens with one attached hydrogen (secondary N) is 1. The fourth-order valence-corrected chi connectivity index (χ4v) is 3.60. The van der Waals surface area contributed by atoms with E-state index in [1.807, 2.05) is 6.07 Å². The van der Waals surface area contributed by atoms with Crippen molar-refractivity contribution in [1.29, 1.82) is 0 Å². The maximum absolute atomic E-state index is 12.1. The third kappa shape index (κ3) is 4.07. The van der Waals surface area contributed by atoms with Crippen LogP contribution in [-0.4, -0.2) is 5.91 Å². The van der Waals surface area contributed by atoms with Crippen LogP contribution in [0.4, 0.5) is 0 Å². The Kier molecular flexibility index (Phi) is 4.67. The fraction of sp³-hybridized carbons (Fsp3) is 0.688. The lowest BCUT2D eigenvalue weighted by molar-refractivity contribution is -0.126. The lowest BCUT2D eigenvalue weighted by Crippen LogP contribution is -2.34. The molecule has 0 saturated heterocycles. The maximum Gasteiger partial charge on any atom is 0.223 e. The Morgan fingerprint density at radius 3 is 2.53 bits per heavy atom. The second-order valence-electron chi connectivity index (χ2n) is 6.71. The van der Waals surface area contributed by atoms with Crippen molar-refractivity contribution in [1.82, 2.24) is 5.32 Å². The van der Waals surface area contributed by atoms with Gasteiger partial charge in [-0.3, -0.25) is 4.79 Å². The summed E-state index contributed by atoms with van der Waals surface area (Å²) < 4.78 is 0. The Bertz CT molecular complexity index is 397. The average Bonchev–Trinajstić information content (AvgIpc) is 2.88. The minimum atomic E-state index is 0.235. The van der Waals surface area contributed by atoms with Gasteiger partial charge in [0.15, 0.2) is 0 Å². The van der Waals surface area contributed by atoms with E-state index in [0.29, 0.717) is 12.0 Å². The first kappa shape index (κ1) is 14.6. The predicted octanol–water partition coefficient (Wildman–Crippen LogP) is 4.22. The lowest BCUT2D eigenvalue weighted by atomic mass is 9.70. The number of carbonyl (C=O) groups is 1. The quantitative estimate of drug-likeness (QED) is 0.882. The van der Waals surface area contributed by atoms with E-state index < -0.39 is 0 Å². The van der Waals surface area contributed by atoms with Gasteiger partial charge in [0.1, 0.15) is 0 Å². The van der Waals surface area contributed by atoms with Crippen molar-refractivity contribution in [2.24, 2.45) is 17.3 Å². The number of rotatable bonds is 3. The van der Waals surface area contributed by atoms with Gasteiger partial charge in [0.25, 0.3) is 0 Å². The minimum absolute atomic E-state index is 0.235. The zero-order valence-corrected chi connectivity index (χ0v) is 13.1. The highest BCUT2D eigenvalue weighted by Crippen LogP contribution is 2.39. The summed E-state index contributed by atoms with van der Waals surface area (Å²) in [6.07, 6.45) is 4.50. The molecule has 1 heterocycles. The molecule has 0 aliphatic heterocycles. The van der Waals surface area contributed by atoms with Crippen molar-refractivity contribution in [2.75, 3.05) is 0 Å². The predicted molar refractivity (Wildman–Crippen MR) is 81.1 cm³/mol. The van der Waals surface area contributed by atoms with Crippen LogP contribution < -0.4 is 5.32 Å². The molecular formula is C16H25NOS. The topological polar surface area (TPSA) is 29.1 Å².